The third-order valence-electron chi connectivity index (χ3n) is 7.20. The third kappa shape index (κ3) is 10.1. The molecule has 0 aromatic heterocycles. The molecule has 0 radical (unpaired) electrons. The van der Waals surface area contributed by atoms with Gasteiger partial charge in [0.15, 0.2) is 12.6 Å². The summed E-state index contributed by atoms with van der Waals surface area (Å²) in [5.41, 5.74) is 0. The molecule has 45 heavy (non-hydrogen) atoms. The fourth-order valence-electron chi connectivity index (χ4n) is 4.95. The van der Waals surface area contributed by atoms with Crippen molar-refractivity contribution < 1.29 is 94.1 Å². The molecule has 0 saturated carbocycles. The van der Waals surface area contributed by atoms with Crippen LogP contribution in [0.2, 0.25) is 0 Å². The van der Waals surface area contributed by atoms with E-state index in [0.29, 0.717) is 0 Å². The van der Waals surface area contributed by atoms with Gasteiger partial charge in [0.25, 0.3) is 0 Å². The highest BCUT2D eigenvalue weighted by molar-refractivity contribution is 5.73. The van der Waals surface area contributed by atoms with E-state index in [4.69, 9.17) is 38.2 Å². The number of carbonyl (C=O) groups excluding carboxylic acids is 1. The van der Waals surface area contributed by atoms with Gasteiger partial charge in [0.1, 0.15) is 61.0 Å². The van der Waals surface area contributed by atoms with Crippen molar-refractivity contribution in [3.8, 4) is 0 Å². The molecule has 15 atom stereocenters. The Bertz CT molecular complexity index is 872. The maximum atomic E-state index is 11.8. The van der Waals surface area contributed by atoms with Gasteiger partial charge in [0.2, 0.25) is 5.91 Å². The second-order valence-electron chi connectivity index (χ2n) is 10.6. The first-order valence-electron chi connectivity index (χ1n) is 14.1. The summed E-state index contributed by atoms with van der Waals surface area (Å²) in [6.45, 7) is -0.948. The van der Waals surface area contributed by atoms with E-state index < -0.39 is 130 Å². The number of aliphatic hydroxyl groups excluding tert-OH is 10. The first-order valence-corrected chi connectivity index (χ1v) is 14.1. The van der Waals surface area contributed by atoms with Crippen molar-refractivity contribution in [2.45, 2.75) is 112 Å². The standard InChI is InChI=1S/C25H47NO19/c1-10(31)23(38-3)40-14(7-28)15(8-29)41-24-20(37)22(19(36)16(9-30)42-24)44-25(45-39-4)5-12(33)17(26-11(2)32)21(43-25)18(35)13(34)6-27/h10,12-24,27-31,33-37H,5-9H2,1-4H3,(H,26,32)/t10?,12?,13-,14?,15+,16?,17-,18-,19+,20?,21?,22?,23-,24-,25+/m1/s1. The number of ether oxygens (including phenoxy) is 6. The lowest BCUT2D eigenvalue weighted by Crippen LogP contribution is -2.69. The summed E-state index contributed by atoms with van der Waals surface area (Å²) in [5.74, 6) is -3.25. The van der Waals surface area contributed by atoms with Crippen LogP contribution in [-0.2, 0) is 43.0 Å². The minimum atomic E-state index is -2.59. The van der Waals surface area contributed by atoms with Crippen molar-refractivity contribution in [2.75, 3.05) is 40.6 Å². The van der Waals surface area contributed by atoms with Crippen molar-refractivity contribution in [3.63, 3.8) is 0 Å². The van der Waals surface area contributed by atoms with Gasteiger partial charge in [-0.25, -0.2) is 4.89 Å². The van der Waals surface area contributed by atoms with E-state index in [9.17, 15) is 55.9 Å². The smallest absolute Gasteiger partial charge is 0.315 e. The van der Waals surface area contributed by atoms with Crippen LogP contribution in [-0.4, -0.2) is 189 Å². The van der Waals surface area contributed by atoms with Crippen molar-refractivity contribution in [1.29, 1.82) is 0 Å². The molecule has 2 rings (SSSR count). The van der Waals surface area contributed by atoms with Crippen molar-refractivity contribution in [2.24, 2.45) is 0 Å². The second kappa shape index (κ2) is 18.3. The highest BCUT2D eigenvalue weighted by Crippen LogP contribution is 2.38. The van der Waals surface area contributed by atoms with E-state index in [-0.39, 0.29) is 0 Å². The van der Waals surface area contributed by atoms with Crippen LogP contribution in [0.1, 0.15) is 20.3 Å². The third-order valence-corrected chi connectivity index (χ3v) is 7.20. The van der Waals surface area contributed by atoms with E-state index in [1.54, 1.807) is 0 Å². The summed E-state index contributed by atoms with van der Waals surface area (Å²) >= 11 is 0. The summed E-state index contributed by atoms with van der Waals surface area (Å²) in [4.78, 5) is 21.7. The monoisotopic (exact) mass is 665 g/mol. The Kier molecular flexibility index (Phi) is 16.3. The average molecular weight is 666 g/mol. The molecular weight excluding hydrogens is 618 g/mol. The lowest BCUT2D eigenvalue weighted by atomic mass is 9.91. The van der Waals surface area contributed by atoms with Crippen LogP contribution in [0.15, 0.2) is 0 Å². The van der Waals surface area contributed by atoms with Crippen LogP contribution in [0.3, 0.4) is 0 Å². The minimum Gasteiger partial charge on any atom is -0.394 e. The van der Waals surface area contributed by atoms with Crippen molar-refractivity contribution in [1.82, 2.24) is 5.32 Å². The number of hydrogen-bond acceptors (Lipinski definition) is 19. The molecule has 2 aliphatic rings. The van der Waals surface area contributed by atoms with Crippen LogP contribution >= 0.6 is 0 Å². The van der Waals surface area contributed by atoms with Crippen LogP contribution in [0.5, 0.6) is 0 Å². The number of rotatable bonds is 18. The predicted molar refractivity (Wildman–Crippen MR) is 142 cm³/mol. The number of carbonyl (C=O) groups is 1. The molecule has 2 heterocycles. The Morgan fingerprint density at radius 3 is 2.13 bits per heavy atom. The molecule has 0 aliphatic carbocycles. The number of methoxy groups -OCH3 is 1. The Hall–Kier alpha value is -1.25. The fraction of sp³-hybridized carbons (Fsp3) is 0.960. The zero-order chi connectivity index (χ0) is 34.1. The second-order valence-corrected chi connectivity index (χ2v) is 10.6. The van der Waals surface area contributed by atoms with Gasteiger partial charge in [-0.05, 0) is 6.92 Å². The van der Waals surface area contributed by atoms with E-state index >= 15 is 0 Å². The van der Waals surface area contributed by atoms with E-state index in [1.807, 2.05) is 0 Å². The van der Waals surface area contributed by atoms with Crippen LogP contribution < -0.4 is 5.32 Å². The molecule has 0 aromatic rings. The average Bonchev–Trinajstić information content (AvgIpc) is 3.00. The maximum absolute atomic E-state index is 11.8. The molecule has 0 spiro atoms. The van der Waals surface area contributed by atoms with Crippen LogP contribution in [0.4, 0.5) is 0 Å². The summed E-state index contributed by atoms with van der Waals surface area (Å²) in [6, 6.07) is -1.39. The normalized spacial score (nSPS) is 36.5. The molecule has 11 N–H and O–H groups in total. The Labute approximate surface area is 258 Å². The Morgan fingerprint density at radius 2 is 1.64 bits per heavy atom. The molecule has 0 bridgehead atoms. The highest BCUT2D eigenvalue weighted by Gasteiger charge is 2.57. The molecule has 20 nitrogen and oxygen atoms in total. The van der Waals surface area contributed by atoms with Gasteiger partial charge >= 0.3 is 5.97 Å². The van der Waals surface area contributed by atoms with Crippen molar-refractivity contribution in [3.05, 3.63) is 0 Å². The number of nitrogens with one attached hydrogen (secondary N) is 1. The van der Waals surface area contributed by atoms with Gasteiger partial charge in [0, 0.05) is 14.0 Å². The molecule has 7 unspecified atom stereocenters. The van der Waals surface area contributed by atoms with E-state index in [1.165, 1.54) is 14.0 Å². The zero-order valence-electron chi connectivity index (χ0n) is 25.3. The largest absolute Gasteiger partial charge is 0.394 e. The SMILES string of the molecule is COO[C@@]1(OC2C(O)[C@H](O[C@@H](CO)C(CO)O[C@@H](OC)C(C)O)OC(CO)[C@@H]2O)CC(O)[C@@H](NC(C)=O)C([C@H](O)[C@H](O)CO)O1. The summed E-state index contributed by atoms with van der Waals surface area (Å²) < 4.78 is 33.2. The number of amides is 1. The summed E-state index contributed by atoms with van der Waals surface area (Å²) in [5, 5.41) is 105. The maximum Gasteiger partial charge on any atom is 0.315 e. The Balaban J connectivity index is 2.42. The molecule has 2 saturated heterocycles. The molecular formula is C25H47NO19. The lowest BCUT2D eigenvalue weighted by Gasteiger charge is -2.50. The first-order chi connectivity index (χ1) is 21.2. The van der Waals surface area contributed by atoms with Gasteiger partial charge in [-0.2, -0.15) is 4.89 Å². The first kappa shape index (κ1) is 39.9. The quantitative estimate of drug-likeness (QED) is 0.0368. The zero-order valence-corrected chi connectivity index (χ0v) is 25.3. The topological polar surface area (TPSA) is 305 Å². The van der Waals surface area contributed by atoms with Gasteiger partial charge in [0.05, 0.1) is 52.1 Å². The van der Waals surface area contributed by atoms with Crippen LogP contribution in [0.25, 0.3) is 0 Å². The summed E-state index contributed by atoms with van der Waals surface area (Å²) in [7, 11) is 2.23. The predicted octanol–water partition coefficient (Wildman–Crippen LogP) is -6.48. The summed E-state index contributed by atoms with van der Waals surface area (Å²) in [6.07, 6.45) is -22.2. The Morgan fingerprint density at radius 1 is 1.00 bits per heavy atom. The van der Waals surface area contributed by atoms with Gasteiger partial charge in [-0.15, -0.1) is 0 Å². The molecule has 1 amide bonds. The van der Waals surface area contributed by atoms with E-state index in [0.717, 1.165) is 14.0 Å². The van der Waals surface area contributed by atoms with Crippen LogP contribution in [0, 0.1) is 0 Å². The van der Waals surface area contributed by atoms with Gasteiger partial charge in [-0.1, -0.05) is 0 Å². The molecule has 0 aromatic carbocycles. The highest BCUT2D eigenvalue weighted by atomic mass is 17.3. The molecule has 2 aliphatic heterocycles. The minimum absolute atomic E-state index is 0.658. The molecule has 20 heteroatoms. The van der Waals surface area contributed by atoms with Gasteiger partial charge < -0.3 is 84.8 Å². The number of hydrogen-bond donors (Lipinski definition) is 11. The molecule has 2 fully saturated rings. The number of aliphatic hydroxyl groups is 10. The van der Waals surface area contributed by atoms with Gasteiger partial charge in [-0.3, -0.25) is 4.79 Å². The molecule has 266 valence electrons. The van der Waals surface area contributed by atoms with E-state index in [2.05, 4.69) is 5.32 Å². The van der Waals surface area contributed by atoms with Crippen molar-refractivity contribution >= 4 is 5.91 Å². The fourth-order valence-corrected chi connectivity index (χ4v) is 4.95. The lowest BCUT2D eigenvalue weighted by molar-refractivity contribution is -0.539.